The fourth-order valence-electron chi connectivity index (χ4n) is 3.25. The molecule has 3 aromatic rings. The van der Waals surface area contributed by atoms with Gasteiger partial charge in [0.25, 0.3) is 0 Å². The van der Waals surface area contributed by atoms with Crippen molar-refractivity contribution in [2.75, 3.05) is 0 Å². The normalized spacial score (nSPS) is 10.8. The Bertz CT molecular complexity index is 1040. The lowest BCUT2D eigenvalue weighted by Gasteiger charge is -2.22. The van der Waals surface area contributed by atoms with Crippen molar-refractivity contribution in [3.63, 3.8) is 0 Å². The van der Waals surface area contributed by atoms with Crippen LogP contribution in [-0.4, -0.2) is 42.6 Å². The van der Waals surface area contributed by atoms with Crippen LogP contribution in [0.2, 0.25) is 0 Å². The molecular formula is C21H16O8. The Balaban J connectivity index is 2.36. The molecule has 0 unspecified atom stereocenters. The average Bonchev–Trinajstić information content (AvgIpc) is 2.65. The molecular weight excluding hydrogens is 380 g/mol. The molecule has 0 radical (unpaired) electrons. The molecule has 8 heteroatoms. The molecule has 0 spiro atoms. The minimum atomic E-state index is -1.56. The summed E-state index contributed by atoms with van der Waals surface area (Å²) < 4.78 is 0. The molecule has 6 N–H and O–H groups in total. The predicted octanol–water partition coefficient (Wildman–Crippen LogP) is 3.09. The van der Waals surface area contributed by atoms with Gasteiger partial charge < -0.3 is 30.6 Å². The fourth-order valence-corrected chi connectivity index (χ4v) is 3.25. The molecule has 29 heavy (non-hydrogen) atoms. The van der Waals surface area contributed by atoms with Crippen LogP contribution in [0.5, 0.6) is 23.0 Å². The summed E-state index contributed by atoms with van der Waals surface area (Å²) in [7, 11) is 0. The molecule has 3 rings (SSSR count). The van der Waals surface area contributed by atoms with E-state index in [1.165, 1.54) is 12.1 Å². The van der Waals surface area contributed by atoms with Crippen LogP contribution in [0.15, 0.2) is 54.6 Å². The summed E-state index contributed by atoms with van der Waals surface area (Å²) in [6.45, 7) is 0. The first kappa shape index (κ1) is 19.6. The maximum atomic E-state index is 11.5. The SMILES string of the molecule is O=C(O)c1c(O)ccc(C(c2ccccc2)c2ccc(O)c(C(=O)O)c2O)c1O. The number of hydrogen-bond acceptors (Lipinski definition) is 6. The Morgan fingerprint density at radius 2 is 1.03 bits per heavy atom. The third-order valence-electron chi connectivity index (χ3n) is 4.56. The lowest BCUT2D eigenvalue weighted by atomic mass is 9.82. The quantitative estimate of drug-likeness (QED) is 0.359. The number of phenols is 4. The minimum Gasteiger partial charge on any atom is -0.507 e. The third kappa shape index (κ3) is 3.39. The van der Waals surface area contributed by atoms with Gasteiger partial charge in [-0.05, 0) is 17.7 Å². The van der Waals surface area contributed by atoms with Crippen LogP contribution in [0.25, 0.3) is 0 Å². The number of benzene rings is 3. The maximum absolute atomic E-state index is 11.5. The first-order chi connectivity index (χ1) is 13.7. The van der Waals surface area contributed by atoms with Gasteiger partial charge in [0.05, 0.1) is 0 Å². The zero-order valence-electron chi connectivity index (χ0n) is 14.8. The Kier molecular flexibility index (Phi) is 5.01. The van der Waals surface area contributed by atoms with Crippen LogP contribution >= 0.6 is 0 Å². The van der Waals surface area contributed by atoms with E-state index in [0.717, 1.165) is 12.1 Å². The smallest absolute Gasteiger partial charge is 0.343 e. The zero-order chi connectivity index (χ0) is 21.3. The van der Waals surface area contributed by atoms with Crippen molar-refractivity contribution in [3.05, 3.63) is 82.4 Å². The molecule has 8 nitrogen and oxygen atoms in total. The van der Waals surface area contributed by atoms with Gasteiger partial charge in [-0.2, -0.15) is 0 Å². The van der Waals surface area contributed by atoms with Gasteiger partial charge in [-0.1, -0.05) is 42.5 Å². The molecule has 0 heterocycles. The summed E-state index contributed by atoms with van der Waals surface area (Å²) in [5.74, 6) is -6.86. The van der Waals surface area contributed by atoms with Crippen LogP contribution in [0.3, 0.4) is 0 Å². The maximum Gasteiger partial charge on any atom is 0.343 e. The van der Waals surface area contributed by atoms with Gasteiger partial charge in [0.2, 0.25) is 0 Å². The van der Waals surface area contributed by atoms with Crippen LogP contribution in [0.1, 0.15) is 43.3 Å². The number of aromatic carboxylic acids is 2. The van der Waals surface area contributed by atoms with E-state index in [1.807, 2.05) is 0 Å². The van der Waals surface area contributed by atoms with E-state index in [9.17, 15) is 40.2 Å². The fraction of sp³-hybridized carbons (Fsp3) is 0.0476. The summed E-state index contributed by atoms with van der Waals surface area (Å²) >= 11 is 0. The highest BCUT2D eigenvalue weighted by Gasteiger charge is 2.30. The highest BCUT2D eigenvalue weighted by Crippen LogP contribution is 2.45. The molecule has 0 atom stereocenters. The van der Waals surface area contributed by atoms with Crippen LogP contribution in [0, 0.1) is 0 Å². The number of carbonyl (C=O) groups is 2. The second kappa shape index (κ2) is 7.43. The first-order valence-corrected chi connectivity index (χ1v) is 8.35. The summed E-state index contributed by atoms with van der Waals surface area (Å²) in [4.78, 5) is 22.9. The summed E-state index contributed by atoms with van der Waals surface area (Å²) in [6, 6.07) is 13.1. The molecule has 0 fully saturated rings. The standard InChI is InChI=1S/C21H16O8/c22-13-8-6-11(18(24)16(13)20(26)27)15(10-4-2-1-3-5-10)12-7-9-14(23)17(19(12)25)21(28)29/h1-9,15,22-25H,(H,26,27)(H,28,29). The second-order valence-corrected chi connectivity index (χ2v) is 6.25. The number of rotatable bonds is 5. The molecule has 0 saturated heterocycles. The van der Waals surface area contributed by atoms with Gasteiger partial charge in [-0.3, -0.25) is 0 Å². The number of carboxylic acids is 2. The van der Waals surface area contributed by atoms with Gasteiger partial charge in [0.15, 0.2) is 0 Å². The van der Waals surface area contributed by atoms with Crippen LogP contribution < -0.4 is 0 Å². The zero-order valence-corrected chi connectivity index (χ0v) is 14.8. The molecule has 3 aromatic carbocycles. The van der Waals surface area contributed by atoms with E-state index in [0.29, 0.717) is 5.56 Å². The van der Waals surface area contributed by atoms with Gasteiger partial charge in [0, 0.05) is 17.0 Å². The second-order valence-electron chi connectivity index (χ2n) is 6.25. The lowest BCUT2D eigenvalue weighted by Crippen LogP contribution is -2.09. The molecule has 0 aliphatic rings. The molecule has 0 amide bonds. The van der Waals surface area contributed by atoms with E-state index < -0.39 is 52.0 Å². The summed E-state index contributed by atoms with van der Waals surface area (Å²) in [5, 5.41) is 59.4. The monoisotopic (exact) mass is 396 g/mol. The van der Waals surface area contributed by atoms with E-state index in [1.54, 1.807) is 30.3 Å². The summed E-state index contributed by atoms with van der Waals surface area (Å²) in [5.41, 5.74) is -0.907. The van der Waals surface area contributed by atoms with Crippen molar-refractivity contribution in [1.29, 1.82) is 0 Å². The van der Waals surface area contributed by atoms with Crippen molar-refractivity contribution in [1.82, 2.24) is 0 Å². The van der Waals surface area contributed by atoms with Crippen LogP contribution in [0.4, 0.5) is 0 Å². The molecule has 0 saturated carbocycles. The number of aromatic hydroxyl groups is 4. The van der Waals surface area contributed by atoms with Gasteiger partial charge in [0.1, 0.15) is 34.1 Å². The van der Waals surface area contributed by atoms with Gasteiger partial charge in [-0.25, -0.2) is 9.59 Å². The minimum absolute atomic E-state index is 0.0173. The van der Waals surface area contributed by atoms with Gasteiger partial charge >= 0.3 is 11.9 Å². The highest BCUT2D eigenvalue weighted by atomic mass is 16.4. The topological polar surface area (TPSA) is 156 Å². The van der Waals surface area contributed by atoms with Crippen LogP contribution in [-0.2, 0) is 0 Å². The Morgan fingerprint density at radius 3 is 1.41 bits per heavy atom. The third-order valence-corrected chi connectivity index (χ3v) is 4.56. The number of carboxylic acid groups (broad SMARTS) is 2. The van der Waals surface area contributed by atoms with Crippen molar-refractivity contribution in [3.8, 4) is 23.0 Å². The van der Waals surface area contributed by atoms with Gasteiger partial charge in [-0.15, -0.1) is 0 Å². The lowest BCUT2D eigenvalue weighted by molar-refractivity contribution is 0.0678. The van der Waals surface area contributed by atoms with E-state index in [4.69, 9.17) is 0 Å². The van der Waals surface area contributed by atoms with Crippen molar-refractivity contribution in [2.45, 2.75) is 5.92 Å². The van der Waals surface area contributed by atoms with Crippen molar-refractivity contribution in [2.24, 2.45) is 0 Å². The Morgan fingerprint density at radius 1 is 0.621 bits per heavy atom. The van der Waals surface area contributed by atoms with Crippen molar-refractivity contribution >= 4 is 11.9 Å². The summed E-state index contributed by atoms with van der Waals surface area (Å²) in [6.07, 6.45) is 0. The largest absolute Gasteiger partial charge is 0.507 e. The van der Waals surface area contributed by atoms with Crippen molar-refractivity contribution < 1.29 is 40.2 Å². The van der Waals surface area contributed by atoms with E-state index in [-0.39, 0.29) is 11.1 Å². The molecule has 148 valence electrons. The highest BCUT2D eigenvalue weighted by molar-refractivity contribution is 5.96. The molecule has 0 aliphatic carbocycles. The van der Waals surface area contributed by atoms with E-state index >= 15 is 0 Å². The molecule has 0 aromatic heterocycles. The predicted molar refractivity (Wildman–Crippen MR) is 101 cm³/mol. The van der Waals surface area contributed by atoms with E-state index in [2.05, 4.69) is 0 Å². The molecule has 0 aliphatic heterocycles. The Hall–Kier alpha value is -4.20. The molecule has 0 bridgehead atoms. The average molecular weight is 396 g/mol. The number of hydrogen-bond donors (Lipinski definition) is 6. The Labute approximate surface area is 164 Å². The first-order valence-electron chi connectivity index (χ1n) is 8.35.